The van der Waals surface area contributed by atoms with E-state index >= 15 is 0 Å². The molecule has 1 N–H and O–H groups in total. The molecule has 2 aromatic rings. The number of amides is 1. The molecule has 3 rings (SSSR count). The molecular formula is C18H18FN3O3. The van der Waals surface area contributed by atoms with Gasteiger partial charge >= 0.3 is 0 Å². The van der Waals surface area contributed by atoms with E-state index in [1.807, 2.05) is 0 Å². The maximum atomic E-state index is 13.6. The molecule has 1 amide bonds. The number of carbonyl (C=O) groups is 2. The number of halogens is 1. The predicted octanol–water partition coefficient (Wildman–Crippen LogP) is 2.23. The Morgan fingerprint density at radius 3 is 2.48 bits per heavy atom. The van der Waals surface area contributed by atoms with Crippen molar-refractivity contribution in [2.45, 2.75) is 19.9 Å². The molecule has 0 radical (unpaired) electrons. The topological polar surface area (TPSA) is 75.4 Å². The molecule has 0 bridgehead atoms. The van der Waals surface area contributed by atoms with E-state index < -0.39 is 23.5 Å². The molecule has 0 spiro atoms. The first-order chi connectivity index (χ1) is 11.7. The zero-order valence-corrected chi connectivity index (χ0v) is 14.4. The van der Waals surface area contributed by atoms with E-state index in [2.05, 4.69) is 5.10 Å². The first kappa shape index (κ1) is 16.9. The number of likely N-dealkylation sites (N-methyl/N-ethyl adjacent to an activating group) is 1. The second-order valence-corrected chi connectivity index (χ2v) is 6.13. The SMILES string of the molecule is Cc1nn(C)c(C)c1/C(O)=C1\C(=O)C(=O)N(C)C1c1cccc(F)c1. The molecule has 1 atom stereocenters. The lowest BCUT2D eigenvalue weighted by molar-refractivity contribution is -0.139. The lowest BCUT2D eigenvalue weighted by atomic mass is 9.95. The molecule has 0 saturated carbocycles. The zero-order chi connectivity index (χ0) is 18.5. The van der Waals surface area contributed by atoms with Crippen molar-refractivity contribution in [1.29, 1.82) is 0 Å². The minimum atomic E-state index is -0.852. The Morgan fingerprint density at radius 1 is 1.24 bits per heavy atom. The lowest BCUT2D eigenvalue weighted by Crippen LogP contribution is -2.24. The summed E-state index contributed by atoms with van der Waals surface area (Å²) in [6.45, 7) is 3.47. The maximum Gasteiger partial charge on any atom is 0.295 e. The number of likely N-dealkylation sites (tertiary alicyclic amines) is 1. The molecule has 7 heteroatoms. The highest BCUT2D eigenvalue weighted by molar-refractivity contribution is 6.46. The summed E-state index contributed by atoms with van der Waals surface area (Å²) in [4.78, 5) is 25.9. The number of ketones is 1. The van der Waals surface area contributed by atoms with Gasteiger partial charge in [0.1, 0.15) is 11.6 Å². The molecule has 6 nitrogen and oxygen atoms in total. The number of rotatable bonds is 2. The van der Waals surface area contributed by atoms with Crippen LogP contribution >= 0.6 is 0 Å². The Kier molecular flexibility index (Phi) is 3.94. The third-order valence-electron chi connectivity index (χ3n) is 4.59. The van der Waals surface area contributed by atoms with Gasteiger partial charge in [0.05, 0.1) is 22.9 Å². The third kappa shape index (κ3) is 2.52. The van der Waals surface area contributed by atoms with Gasteiger partial charge < -0.3 is 10.0 Å². The van der Waals surface area contributed by atoms with Crippen molar-refractivity contribution >= 4 is 17.4 Å². The summed E-state index contributed by atoms with van der Waals surface area (Å²) < 4.78 is 15.2. The molecule has 1 aliphatic heterocycles. The van der Waals surface area contributed by atoms with Crippen LogP contribution in [0.4, 0.5) is 4.39 Å². The molecule has 25 heavy (non-hydrogen) atoms. The summed E-state index contributed by atoms with van der Waals surface area (Å²) in [6.07, 6.45) is 0. The van der Waals surface area contributed by atoms with Gasteiger partial charge in [0.25, 0.3) is 11.7 Å². The average Bonchev–Trinajstić information content (AvgIpc) is 2.94. The fraction of sp³-hybridized carbons (Fsp3) is 0.278. The summed E-state index contributed by atoms with van der Waals surface area (Å²) in [7, 11) is 3.18. The number of hydrogen-bond acceptors (Lipinski definition) is 4. The van der Waals surface area contributed by atoms with Gasteiger partial charge in [0, 0.05) is 19.8 Å². The van der Waals surface area contributed by atoms with Crippen molar-refractivity contribution < 1.29 is 19.1 Å². The van der Waals surface area contributed by atoms with E-state index in [0.29, 0.717) is 22.5 Å². The fourth-order valence-electron chi connectivity index (χ4n) is 3.27. The number of nitrogens with zero attached hydrogens (tertiary/aromatic N) is 3. The van der Waals surface area contributed by atoms with Gasteiger partial charge in [0.15, 0.2) is 0 Å². The number of hydrogen-bond donors (Lipinski definition) is 1. The average molecular weight is 343 g/mol. The number of aliphatic hydroxyl groups is 1. The van der Waals surface area contributed by atoms with Gasteiger partial charge in [-0.25, -0.2) is 4.39 Å². The first-order valence-electron chi connectivity index (χ1n) is 7.74. The highest BCUT2D eigenvalue weighted by atomic mass is 19.1. The Hall–Kier alpha value is -2.96. The summed E-state index contributed by atoms with van der Waals surface area (Å²) >= 11 is 0. The highest BCUT2D eigenvalue weighted by Gasteiger charge is 2.44. The molecule has 1 aliphatic rings. The Labute approximate surface area is 144 Å². The van der Waals surface area contributed by atoms with Crippen molar-refractivity contribution in [2.75, 3.05) is 7.05 Å². The predicted molar refractivity (Wildman–Crippen MR) is 89.1 cm³/mol. The molecule has 1 aromatic heterocycles. The molecular weight excluding hydrogens is 325 g/mol. The van der Waals surface area contributed by atoms with E-state index in [4.69, 9.17) is 0 Å². The first-order valence-corrected chi connectivity index (χ1v) is 7.74. The van der Waals surface area contributed by atoms with Crippen molar-refractivity contribution in [1.82, 2.24) is 14.7 Å². The van der Waals surface area contributed by atoms with E-state index in [9.17, 15) is 19.1 Å². The summed E-state index contributed by atoms with van der Waals surface area (Å²) in [5.74, 6) is -2.31. The standard InChI is InChI=1S/C18H18FN3O3/c1-9-13(10(2)22(4)20-9)16(23)14-15(21(3)18(25)17(14)24)11-6-5-7-12(19)8-11/h5-8,15,23H,1-4H3/b16-14+. The van der Waals surface area contributed by atoms with Crippen LogP contribution in [-0.2, 0) is 16.6 Å². The molecule has 0 aliphatic carbocycles. The van der Waals surface area contributed by atoms with Gasteiger partial charge in [-0.15, -0.1) is 0 Å². The van der Waals surface area contributed by atoms with Crippen LogP contribution in [0.3, 0.4) is 0 Å². The number of Topliss-reactive ketones (excluding diaryl/α,β-unsaturated/α-hetero) is 1. The minimum Gasteiger partial charge on any atom is -0.507 e. The zero-order valence-electron chi connectivity index (χ0n) is 14.4. The monoisotopic (exact) mass is 343 g/mol. The quantitative estimate of drug-likeness (QED) is 0.515. The van der Waals surface area contributed by atoms with Crippen molar-refractivity contribution in [3.63, 3.8) is 0 Å². The number of aliphatic hydroxyl groups excluding tert-OH is 1. The smallest absolute Gasteiger partial charge is 0.295 e. The molecule has 1 fully saturated rings. The van der Waals surface area contributed by atoms with E-state index in [1.165, 1.54) is 30.1 Å². The number of aryl methyl sites for hydroxylation is 2. The van der Waals surface area contributed by atoms with Crippen LogP contribution in [0.1, 0.15) is 28.6 Å². The Balaban J connectivity index is 2.26. The van der Waals surface area contributed by atoms with Crippen molar-refractivity contribution in [2.24, 2.45) is 7.05 Å². The van der Waals surface area contributed by atoms with Crippen LogP contribution in [0.5, 0.6) is 0 Å². The number of carbonyl (C=O) groups excluding carboxylic acids is 2. The van der Waals surface area contributed by atoms with Gasteiger partial charge in [-0.3, -0.25) is 14.3 Å². The minimum absolute atomic E-state index is 0.0581. The summed E-state index contributed by atoms with van der Waals surface area (Å²) in [5, 5.41) is 15.1. The second-order valence-electron chi connectivity index (χ2n) is 6.13. The second kappa shape index (κ2) is 5.84. The molecule has 1 saturated heterocycles. The highest BCUT2D eigenvalue weighted by Crippen LogP contribution is 2.39. The maximum absolute atomic E-state index is 13.6. The Morgan fingerprint density at radius 2 is 1.92 bits per heavy atom. The van der Waals surface area contributed by atoms with Crippen LogP contribution in [0.2, 0.25) is 0 Å². The van der Waals surface area contributed by atoms with E-state index in [-0.39, 0.29) is 11.3 Å². The van der Waals surface area contributed by atoms with Gasteiger partial charge in [-0.05, 0) is 31.5 Å². The number of benzene rings is 1. The molecule has 2 heterocycles. The molecule has 130 valence electrons. The fourth-order valence-corrected chi connectivity index (χ4v) is 3.27. The Bertz CT molecular complexity index is 930. The molecule has 1 aromatic carbocycles. The van der Waals surface area contributed by atoms with Crippen LogP contribution < -0.4 is 0 Å². The van der Waals surface area contributed by atoms with Crippen LogP contribution in [0.25, 0.3) is 5.76 Å². The summed E-state index contributed by atoms with van der Waals surface area (Å²) in [6, 6.07) is 4.80. The normalized spacial score (nSPS) is 19.7. The van der Waals surface area contributed by atoms with Crippen molar-refractivity contribution in [3.8, 4) is 0 Å². The van der Waals surface area contributed by atoms with Gasteiger partial charge in [-0.2, -0.15) is 5.10 Å². The van der Waals surface area contributed by atoms with Crippen LogP contribution in [-0.4, -0.2) is 38.5 Å². The van der Waals surface area contributed by atoms with Gasteiger partial charge in [0.2, 0.25) is 0 Å². The third-order valence-corrected chi connectivity index (χ3v) is 4.59. The van der Waals surface area contributed by atoms with E-state index in [1.54, 1.807) is 31.6 Å². The molecule has 1 unspecified atom stereocenters. The number of aromatic nitrogens is 2. The lowest BCUT2D eigenvalue weighted by Gasteiger charge is -2.21. The largest absolute Gasteiger partial charge is 0.507 e. The van der Waals surface area contributed by atoms with Crippen molar-refractivity contribution in [3.05, 3.63) is 58.2 Å². The van der Waals surface area contributed by atoms with Crippen LogP contribution in [0, 0.1) is 19.7 Å². The van der Waals surface area contributed by atoms with Gasteiger partial charge in [-0.1, -0.05) is 12.1 Å². The van der Waals surface area contributed by atoms with E-state index in [0.717, 1.165) is 0 Å². The van der Waals surface area contributed by atoms with Crippen LogP contribution in [0.15, 0.2) is 29.8 Å². The summed E-state index contributed by atoms with van der Waals surface area (Å²) in [5.41, 5.74) is 1.98.